The van der Waals surface area contributed by atoms with E-state index in [2.05, 4.69) is 5.32 Å². The van der Waals surface area contributed by atoms with Gasteiger partial charge in [-0.25, -0.2) is 0 Å². The summed E-state index contributed by atoms with van der Waals surface area (Å²) in [6.07, 6.45) is 3.12. The van der Waals surface area contributed by atoms with Crippen LogP contribution in [0.4, 0.5) is 5.69 Å². The second-order valence-corrected chi connectivity index (χ2v) is 7.80. The van der Waals surface area contributed by atoms with E-state index in [1.54, 1.807) is 72.0 Å². The fourth-order valence-corrected chi connectivity index (χ4v) is 3.69. The van der Waals surface area contributed by atoms with Crippen LogP contribution in [-0.4, -0.2) is 16.7 Å². The number of carbonyl (C=O) groups is 2. The molecule has 0 aliphatic carbocycles. The van der Waals surface area contributed by atoms with Crippen molar-refractivity contribution in [3.8, 4) is 0 Å². The Morgan fingerprint density at radius 3 is 2.23 bits per heavy atom. The molecule has 2 amide bonds. The van der Waals surface area contributed by atoms with Crippen molar-refractivity contribution in [2.45, 2.75) is 13.1 Å². The SMILES string of the molecule is O=C(Nc1cc(C(=O)N(Cc2ccco2)Cc2ccco2)ccc1Cl)c1cccs1. The summed E-state index contributed by atoms with van der Waals surface area (Å²) >= 11 is 7.57. The Balaban J connectivity index is 1.58. The number of nitrogens with zero attached hydrogens (tertiary/aromatic N) is 1. The second-order valence-electron chi connectivity index (χ2n) is 6.45. The van der Waals surface area contributed by atoms with Gasteiger partial charge in [0.2, 0.25) is 0 Å². The van der Waals surface area contributed by atoms with Gasteiger partial charge in [-0.1, -0.05) is 17.7 Å². The van der Waals surface area contributed by atoms with Gasteiger partial charge >= 0.3 is 0 Å². The Morgan fingerprint density at radius 1 is 0.967 bits per heavy atom. The first-order valence-corrected chi connectivity index (χ1v) is 10.3. The number of hydrogen-bond acceptors (Lipinski definition) is 5. The van der Waals surface area contributed by atoms with Crippen molar-refractivity contribution in [2.24, 2.45) is 0 Å². The molecule has 152 valence electrons. The number of amides is 2. The van der Waals surface area contributed by atoms with Gasteiger partial charge in [0, 0.05) is 5.56 Å². The van der Waals surface area contributed by atoms with Crippen molar-refractivity contribution in [3.05, 3.63) is 99.5 Å². The number of rotatable bonds is 7. The fourth-order valence-electron chi connectivity index (χ4n) is 2.91. The minimum atomic E-state index is -0.278. The summed E-state index contributed by atoms with van der Waals surface area (Å²) in [5, 5.41) is 4.93. The molecule has 0 radical (unpaired) electrons. The van der Waals surface area contributed by atoms with Crippen LogP contribution in [0.1, 0.15) is 31.6 Å². The number of nitrogens with one attached hydrogen (secondary N) is 1. The number of halogens is 1. The maximum absolute atomic E-state index is 13.3. The first-order chi connectivity index (χ1) is 14.6. The fraction of sp³-hybridized carbons (Fsp3) is 0.0909. The molecule has 1 aromatic carbocycles. The number of benzene rings is 1. The largest absolute Gasteiger partial charge is 0.467 e. The summed E-state index contributed by atoms with van der Waals surface area (Å²) in [5.41, 5.74) is 0.760. The third-order valence-electron chi connectivity index (χ3n) is 4.35. The van der Waals surface area contributed by atoms with Gasteiger partial charge < -0.3 is 19.1 Å². The lowest BCUT2D eigenvalue weighted by atomic mass is 10.1. The molecule has 3 heterocycles. The van der Waals surface area contributed by atoms with Crippen molar-refractivity contribution >= 4 is 40.4 Å². The summed E-state index contributed by atoms with van der Waals surface area (Å²) in [7, 11) is 0. The van der Waals surface area contributed by atoms with Crippen LogP contribution in [0.15, 0.2) is 81.3 Å². The van der Waals surface area contributed by atoms with Gasteiger partial charge in [0.1, 0.15) is 11.5 Å². The predicted octanol–water partition coefficient (Wildman–Crippen LogP) is 5.68. The molecule has 1 N–H and O–H groups in total. The summed E-state index contributed by atoms with van der Waals surface area (Å²) < 4.78 is 10.8. The zero-order chi connectivity index (χ0) is 20.9. The van der Waals surface area contributed by atoms with Crippen LogP contribution >= 0.6 is 22.9 Å². The number of thiophene rings is 1. The zero-order valence-corrected chi connectivity index (χ0v) is 17.3. The van der Waals surface area contributed by atoms with Crippen molar-refractivity contribution in [3.63, 3.8) is 0 Å². The third-order valence-corrected chi connectivity index (χ3v) is 5.55. The molecule has 0 aliphatic heterocycles. The van der Waals surface area contributed by atoms with Crippen LogP contribution in [-0.2, 0) is 13.1 Å². The molecular weight excluding hydrogens is 424 g/mol. The number of anilines is 1. The molecule has 0 unspecified atom stereocenters. The third kappa shape index (κ3) is 4.64. The topological polar surface area (TPSA) is 75.7 Å². The average Bonchev–Trinajstić information content (AvgIpc) is 3.52. The molecule has 4 aromatic rings. The highest BCUT2D eigenvalue weighted by Gasteiger charge is 2.20. The second kappa shape index (κ2) is 9.02. The smallest absolute Gasteiger partial charge is 0.265 e. The van der Waals surface area contributed by atoms with E-state index >= 15 is 0 Å². The lowest BCUT2D eigenvalue weighted by molar-refractivity contribution is 0.0704. The number of hydrogen-bond donors (Lipinski definition) is 1. The minimum absolute atomic E-state index is 0.244. The van der Waals surface area contributed by atoms with Gasteiger partial charge in [-0.05, 0) is 53.9 Å². The monoisotopic (exact) mass is 440 g/mol. The molecule has 3 aromatic heterocycles. The minimum Gasteiger partial charge on any atom is -0.467 e. The van der Waals surface area contributed by atoms with E-state index in [4.69, 9.17) is 20.4 Å². The van der Waals surface area contributed by atoms with Crippen molar-refractivity contribution in [1.29, 1.82) is 0 Å². The average molecular weight is 441 g/mol. The highest BCUT2D eigenvalue weighted by molar-refractivity contribution is 7.12. The van der Waals surface area contributed by atoms with E-state index in [9.17, 15) is 9.59 Å². The first-order valence-electron chi connectivity index (χ1n) is 9.08. The lowest BCUT2D eigenvalue weighted by Crippen LogP contribution is -2.30. The molecule has 0 saturated carbocycles. The van der Waals surface area contributed by atoms with Crippen molar-refractivity contribution in [1.82, 2.24) is 4.90 Å². The molecular formula is C22H17ClN2O4S. The van der Waals surface area contributed by atoms with E-state index in [-0.39, 0.29) is 24.9 Å². The molecule has 0 fully saturated rings. The molecule has 8 heteroatoms. The molecule has 4 rings (SSSR count). The first kappa shape index (κ1) is 20.0. The summed E-state index contributed by atoms with van der Waals surface area (Å²) in [5.74, 6) is 0.774. The van der Waals surface area contributed by atoms with Gasteiger partial charge in [0.25, 0.3) is 11.8 Å². The molecule has 6 nitrogen and oxygen atoms in total. The molecule has 30 heavy (non-hydrogen) atoms. The van der Waals surface area contributed by atoms with Gasteiger partial charge in [0.05, 0.1) is 41.2 Å². The maximum atomic E-state index is 13.3. The number of carbonyl (C=O) groups excluding carboxylic acids is 2. The Labute approximate surface area is 181 Å². The standard InChI is InChI=1S/C22H17ClN2O4S/c23-18-8-7-15(12-19(18)24-21(26)20-6-3-11-30-20)22(27)25(13-16-4-1-9-28-16)14-17-5-2-10-29-17/h1-12H,13-14H2,(H,24,26). The summed E-state index contributed by atoms with van der Waals surface area (Å²) in [4.78, 5) is 27.8. The summed E-state index contributed by atoms with van der Waals surface area (Å²) in [6.45, 7) is 0.540. The van der Waals surface area contributed by atoms with Crippen LogP contribution in [0.2, 0.25) is 5.02 Å². The van der Waals surface area contributed by atoms with E-state index < -0.39 is 0 Å². The molecule has 0 atom stereocenters. The van der Waals surface area contributed by atoms with E-state index in [0.717, 1.165) is 0 Å². The van der Waals surface area contributed by atoms with Gasteiger partial charge in [-0.15, -0.1) is 11.3 Å². The highest BCUT2D eigenvalue weighted by Crippen LogP contribution is 2.26. The van der Waals surface area contributed by atoms with Crippen LogP contribution in [0.25, 0.3) is 0 Å². The van der Waals surface area contributed by atoms with E-state index in [1.165, 1.54) is 11.3 Å². The van der Waals surface area contributed by atoms with Crippen LogP contribution < -0.4 is 5.32 Å². The quantitative estimate of drug-likeness (QED) is 0.401. The molecule has 0 spiro atoms. The Hall–Kier alpha value is -3.29. The molecule has 0 saturated heterocycles. The van der Waals surface area contributed by atoms with E-state index in [1.807, 2.05) is 5.38 Å². The molecule has 0 bridgehead atoms. The van der Waals surface area contributed by atoms with Crippen LogP contribution in [0, 0.1) is 0 Å². The zero-order valence-electron chi connectivity index (χ0n) is 15.7. The predicted molar refractivity (Wildman–Crippen MR) is 115 cm³/mol. The van der Waals surface area contributed by atoms with Crippen molar-refractivity contribution < 1.29 is 18.4 Å². The number of furan rings is 2. The Kier molecular flexibility index (Phi) is 6.02. The highest BCUT2D eigenvalue weighted by atomic mass is 35.5. The molecule has 0 aliphatic rings. The van der Waals surface area contributed by atoms with E-state index in [0.29, 0.717) is 32.7 Å². The van der Waals surface area contributed by atoms with Crippen LogP contribution in [0.3, 0.4) is 0 Å². The van der Waals surface area contributed by atoms with Gasteiger partial charge in [0.15, 0.2) is 0 Å². The maximum Gasteiger partial charge on any atom is 0.265 e. The summed E-state index contributed by atoms with van der Waals surface area (Å²) in [6, 6.07) is 15.5. The van der Waals surface area contributed by atoms with Crippen molar-refractivity contribution in [2.75, 3.05) is 5.32 Å². The van der Waals surface area contributed by atoms with Crippen LogP contribution in [0.5, 0.6) is 0 Å². The Bertz CT molecular complexity index is 1090. The normalized spacial score (nSPS) is 10.7. The van der Waals surface area contributed by atoms with Gasteiger partial charge in [-0.2, -0.15) is 0 Å². The lowest BCUT2D eigenvalue weighted by Gasteiger charge is -2.21. The Morgan fingerprint density at radius 2 is 1.67 bits per heavy atom. The van der Waals surface area contributed by atoms with Gasteiger partial charge in [-0.3, -0.25) is 9.59 Å².